The van der Waals surface area contributed by atoms with Crippen LogP contribution >= 0.6 is 27.3 Å². The Balaban J connectivity index is 2.33. The van der Waals surface area contributed by atoms with Crippen LogP contribution in [0.15, 0.2) is 15.9 Å². The molecule has 1 rings (SSSR count). The van der Waals surface area contributed by atoms with E-state index in [9.17, 15) is 0 Å². The van der Waals surface area contributed by atoms with Crippen molar-refractivity contribution in [3.63, 3.8) is 0 Å². The van der Waals surface area contributed by atoms with Crippen LogP contribution < -0.4 is 5.32 Å². The molecule has 0 fully saturated rings. The summed E-state index contributed by atoms with van der Waals surface area (Å²) in [5, 5.41) is 5.67. The summed E-state index contributed by atoms with van der Waals surface area (Å²) < 4.78 is 1.27. The molecule has 1 nitrogen and oxygen atoms in total. The van der Waals surface area contributed by atoms with Crippen LogP contribution in [0.1, 0.15) is 38.5 Å². The van der Waals surface area contributed by atoms with Gasteiger partial charge in [-0.2, -0.15) is 0 Å². The molecule has 0 amide bonds. The molecule has 0 bridgehead atoms. The lowest BCUT2D eigenvalue weighted by atomic mass is 9.87. The molecule has 0 saturated carbocycles. The van der Waals surface area contributed by atoms with E-state index in [1.165, 1.54) is 28.6 Å². The molecular formula is C13H22BrNS. The maximum atomic E-state index is 3.59. The van der Waals surface area contributed by atoms with Crippen LogP contribution in [0, 0.1) is 5.41 Å². The second-order valence-corrected chi connectivity index (χ2v) is 6.89. The van der Waals surface area contributed by atoms with Crippen molar-refractivity contribution >= 4 is 27.3 Å². The number of rotatable bonds is 7. The number of aryl methyl sites for hydroxylation is 1. The zero-order valence-corrected chi connectivity index (χ0v) is 12.9. The van der Waals surface area contributed by atoms with Gasteiger partial charge in [-0.25, -0.2) is 0 Å². The molecule has 0 atom stereocenters. The van der Waals surface area contributed by atoms with Crippen molar-refractivity contribution in [1.82, 2.24) is 5.32 Å². The largest absolute Gasteiger partial charge is 0.316 e. The lowest BCUT2D eigenvalue weighted by Gasteiger charge is -2.24. The quantitative estimate of drug-likeness (QED) is 0.733. The van der Waals surface area contributed by atoms with Crippen LogP contribution in [0.25, 0.3) is 0 Å². The first-order valence-electron chi connectivity index (χ1n) is 5.98. The Hall–Kier alpha value is 0.140. The number of hydrogen-bond acceptors (Lipinski definition) is 2. The third-order valence-corrected chi connectivity index (χ3v) is 4.74. The summed E-state index contributed by atoms with van der Waals surface area (Å²) in [6, 6.07) is 2.14. The second kappa shape index (κ2) is 6.77. The first-order chi connectivity index (χ1) is 7.55. The molecule has 16 heavy (non-hydrogen) atoms. The summed E-state index contributed by atoms with van der Waals surface area (Å²) in [5.41, 5.74) is 0.387. The van der Waals surface area contributed by atoms with Crippen molar-refractivity contribution in [2.24, 2.45) is 5.41 Å². The minimum Gasteiger partial charge on any atom is -0.316 e. The van der Waals surface area contributed by atoms with Gasteiger partial charge in [0.1, 0.15) is 0 Å². The summed E-state index contributed by atoms with van der Waals surface area (Å²) >= 11 is 5.44. The van der Waals surface area contributed by atoms with Gasteiger partial charge in [0.05, 0.1) is 0 Å². The normalized spacial score (nSPS) is 12.0. The Morgan fingerprint density at radius 3 is 2.75 bits per heavy atom. The summed E-state index contributed by atoms with van der Waals surface area (Å²) in [5.74, 6) is 0. The van der Waals surface area contributed by atoms with Gasteiger partial charge in [0.15, 0.2) is 0 Å². The molecule has 0 radical (unpaired) electrons. The van der Waals surface area contributed by atoms with E-state index in [2.05, 4.69) is 53.5 Å². The molecule has 0 aliphatic carbocycles. The Labute approximate surface area is 112 Å². The Morgan fingerprint density at radius 1 is 1.44 bits per heavy atom. The molecule has 1 aromatic rings. The minimum atomic E-state index is 0.387. The first kappa shape index (κ1) is 14.2. The zero-order valence-electron chi connectivity index (χ0n) is 10.5. The molecule has 0 saturated heterocycles. The van der Waals surface area contributed by atoms with Crippen LogP contribution in [0.3, 0.4) is 0 Å². The monoisotopic (exact) mass is 303 g/mol. The predicted molar refractivity (Wildman–Crippen MR) is 77.3 cm³/mol. The van der Waals surface area contributed by atoms with Crippen LogP contribution in [-0.4, -0.2) is 13.1 Å². The van der Waals surface area contributed by atoms with E-state index in [-0.39, 0.29) is 0 Å². The lowest BCUT2D eigenvalue weighted by Crippen LogP contribution is -2.30. The number of nitrogens with one attached hydrogen (secondary N) is 1. The van der Waals surface area contributed by atoms with Crippen molar-refractivity contribution in [3.05, 3.63) is 20.8 Å². The van der Waals surface area contributed by atoms with Crippen LogP contribution in [0.2, 0.25) is 0 Å². The summed E-state index contributed by atoms with van der Waals surface area (Å²) in [6.45, 7) is 9.15. The van der Waals surface area contributed by atoms with Gasteiger partial charge >= 0.3 is 0 Å². The Kier molecular flexibility index (Phi) is 6.01. The molecule has 1 aromatic heterocycles. The lowest BCUT2D eigenvalue weighted by molar-refractivity contribution is 0.316. The predicted octanol–water partition coefficient (Wildman–Crippen LogP) is 4.47. The van der Waals surface area contributed by atoms with Gasteiger partial charge in [-0.3, -0.25) is 0 Å². The van der Waals surface area contributed by atoms with Gasteiger partial charge < -0.3 is 5.32 Å². The highest BCUT2D eigenvalue weighted by atomic mass is 79.9. The Morgan fingerprint density at radius 2 is 2.19 bits per heavy atom. The van der Waals surface area contributed by atoms with Crippen LogP contribution in [-0.2, 0) is 6.42 Å². The smallest absolute Gasteiger partial charge is 0.0314 e. The molecule has 0 aliphatic rings. The molecular weight excluding hydrogens is 282 g/mol. The number of hydrogen-bond donors (Lipinski definition) is 1. The van der Waals surface area contributed by atoms with E-state index in [4.69, 9.17) is 0 Å². The van der Waals surface area contributed by atoms with Crippen molar-refractivity contribution in [2.75, 3.05) is 13.1 Å². The van der Waals surface area contributed by atoms with Gasteiger partial charge in [-0.1, -0.05) is 20.8 Å². The summed E-state index contributed by atoms with van der Waals surface area (Å²) in [4.78, 5) is 1.48. The SMILES string of the molecule is CCCNCC(C)(C)CCc1sccc1Br. The fraction of sp³-hybridized carbons (Fsp3) is 0.692. The molecule has 0 aromatic carbocycles. The van der Waals surface area contributed by atoms with E-state index in [0.717, 1.165) is 13.1 Å². The number of halogens is 1. The third kappa shape index (κ3) is 4.98. The molecule has 3 heteroatoms. The van der Waals surface area contributed by atoms with E-state index in [1.807, 2.05) is 11.3 Å². The molecule has 0 aliphatic heterocycles. The zero-order chi connectivity index (χ0) is 12.0. The topological polar surface area (TPSA) is 12.0 Å². The van der Waals surface area contributed by atoms with Crippen LogP contribution in [0.5, 0.6) is 0 Å². The third-order valence-electron chi connectivity index (χ3n) is 2.75. The van der Waals surface area contributed by atoms with E-state index >= 15 is 0 Å². The van der Waals surface area contributed by atoms with E-state index in [1.54, 1.807) is 0 Å². The minimum absolute atomic E-state index is 0.387. The molecule has 92 valence electrons. The van der Waals surface area contributed by atoms with Crippen molar-refractivity contribution in [3.8, 4) is 0 Å². The van der Waals surface area contributed by atoms with Gasteiger partial charge in [0.2, 0.25) is 0 Å². The van der Waals surface area contributed by atoms with E-state index in [0.29, 0.717) is 5.41 Å². The van der Waals surface area contributed by atoms with Crippen molar-refractivity contribution in [2.45, 2.75) is 40.0 Å². The highest BCUT2D eigenvalue weighted by Gasteiger charge is 2.17. The van der Waals surface area contributed by atoms with Gasteiger partial charge in [-0.15, -0.1) is 11.3 Å². The standard InChI is InChI=1S/C13H22BrNS/c1-4-8-15-10-13(2,3)7-5-12-11(14)6-9-16-12/h6,9,15H,4-5,7-8,10H2,1-3H3. The van der Waals surface area contributed by atoms with Gasteiger partial charge in [0.25, 0.3) is 0 Å². The first-order valence-corrected chi connectivity index (χ1v) is 7.65. The average Bonchev–Trinajstić information content (AvgIpc) is 2.62. The van der Waals surface area contributed by atoms with Crippen molar-refractivity contribution < 1.29 is 0 Å². The van der Waals surface area contributed by atoms with Gasteiger partial charge in [-0.05, 0) is 58.6 Å². The molecule has 0 unspecified atom stereocenters. The second-order valence-electron chi connectivity index (χ2n) is 5.03. The molecule has 1 N–H and O–H groups in total. The summed E-state index contributed by atoms with van der Waals surface area (Å²) in [7, 11) is 0. The van der Waals surface area contributed by atoms with Crippen molar-refractivity contribution in [1.29, 1.82) is 0 Å². The average molecular weight is 304 g/mol. The number of thiophene rings is 1. The fourth-order valence-corrected chi connectivity index (χ4v) is 3.20. The maximum absolute atomic E-state index is 3.59. The van der Waals surface area contributed by atoms with E-state index < -0.39 is 0 Å². The molecule has 0 spiro atoms. The maximum Gasteiger partial charge on any atom is 0.0314 e. The fourth-order valence-electron chi connectivity index (χ4n) is 1.65. The highest BCUT2D eigenvalue weighted by molar-refractivity contribution is 9.10. The highest BCUT2D eigenvalue weighted by Crippen LogP contribution is 2.28. The summed E-state index contributed by atoms with van der Waals surface area (Å²) in [6.07, 6.45) is 3.63. The Bertz CT molecular complexity index is 307. The molecule has 1 heterocycles. The van der Waals surface area contributed by atoms with Crippen LogP contribution in [0.4, 0.5) is 0 Å². The van der Waals surface area contributed by atoms with Gasteiger partial charge in [0, 0.05) is 15.9 Å².